The monoisotopic (exact) mass is 372 g/mol. The maximum Gasteiger partial charge on any atom is 0.409 e. The topological polar surface area (TPSA) is 85.4 Å². The van der Waals surface area contributed by atoms with Gasteiger partial charge in [0.15, 0.2) is 0 Å². The highest BCUT2D eigenvalue weighted by Gasteiger charge is 2.51. The molecular formula is C18H32N2O6. The van der Waals surface area contributed by atoms with Crippen LogP contribution in [0.15, 0.2) is 0 Å². The van der Waals surface area contributed by atoms with E-state index < -0.39 is 29.6 Å². The summed E-state index contributed by atoms with van der Waals surface area (Å²) >= 11 is 0. The molecular weight excluding hydrogens is 340 g/mol. The maximum absolute atomic E-state index is 12.4. The highest BCUT2D eigenvalue weighted by molar-refractivity contribution is 5.78. The van der Waals surface area contributed by atoms with Crippen LogP contribution in [0.1, 0.15) is 40.0 Å². The van der Waals surface area contributed by atoms with Gasteiger partial charge in [-0.2, -0.15) is 0 Å². The van der Waals surface area contributed by atoms with Gasteiger partial charge in [0.25, 0.3) is 0 Å². The van der Waals surface area contributed by atoms with E-state index in [4.69, 9.17) is 14.2 Å². The number of esters is 1. The Morgan fingerprint density at radius 1 is 1.12 bits per heavy atom. The van der Waals surface area contributed by atoms with Crippen LogP contribution in [0.2, 0.25) is 0 Å². The summed E-state index contributed by atoms with van der Waals surface area (Å²) in [6.07, 6.45) is 1.59. The second-order valence-corrected chi connectivity index (χ2v) is 7.14. The highest BCUT2D eigenvalue weighted by atomic mass is 16.5. The van der Waals surface area contributed by atoms with Gasteiger partial charge in [0, 0.05) is 19.6 Å². The SMILES string of the molecule is CCCCN(CC1CCN(C(=O)OC)C1C(C)(C)C(=O)OC)C(=O)OC. The van der Waals surface area contributed by atoms with Crippen LogP contribution in [0.3, 0.4) is 0 Å². The molecule has 0 radical (unpaired) electrons. The van der Waals surface area contributed by atoms with Gasteiger partial charge < -0.3 is 24.0 Å². The zero-order valence-electron chi connectivity index (χ0n) is 16.7. The second kappa shape index (κ2) is 9.64. The van der Waals surface area contributed by atoms with Gasteiger partial charge >= 0.3 is 18.2 Å². The van der Waals surface area contributed by atoms with Crippen LogP contribution in [-0.2, 0) is 19.0 Å². The summed E-state index contributed by atoms with van der Waals surface area (Å²) in [6, 6.07) is -0.434. The molecule has 1 heterocycles. The first-order valence-corrected chi connectivity index (χ1v) is 9.00. The number of hydrogen-bond donors (Lipinski definition) is 0. The van der Waals surface area contributed by atoms with E-state index in [1.165, 1.54) is 21.3 Å². The van der Waals surface area contributed by atoms with E-state index in [1.807, 2.05) is 6.92 Å². The van der Waals surface area contributed by atoms with Gasteiger partial charge in [-0.1, -0.05) is 13.3 Å². The van der Waals surface area contributed by atoms with E-state index in [0.29, 0.717) is 26.1 Å². The van der Waals surface area contributed by atoms with Gasteiger partial charge in [0.05, 0.1) is 32.8 Å². The summed E-state index contributed by atoms with van der Waals surface area (Å²) in [5, 5.41) is 0. The Morgan fingerprint density at radius 2 is 1.77 bits per heavy atom. The minimum atomic E-state index is -0.934. The lowest BCUT2D eigenvalue weighted by Crippen LogP contribution is -2.53. The van der Waals surface area contributed by atoms with Gasteiger partial charge in [-0.05, 0) is 32.6 Å². The van der Waals surface area contributed by atoms with Crippen LogP contribution in [0.25, 0.3) is 0 Å². The Balaban J connectivity index is 3.11. The zero-order valence-corrected chi connectivity index (χ0v) is 16.7. The first-order chi connectivity index (χ1) is 12.2. The average Bonchev–Trinajstić information content (AvgIpc) is 3.07. The molecule has 150 valence electrons. The third-order valence-corrected chi connectivity index (χ3v) is 5.05. The molecule has 1 rings (SSSR count). The molecule has 8 nitrogen and oxygen atoms in total. The van der Waals surface area contributed by atoms with Crippen molar-refractivity contribution in [2.45, 2.75) is 46.1 Å². The summed E-state index contributed by atoms with van der Waals surface area (Å²) in [4.78, 5) is 39.9. The van der Waals surface area contributed by atoms with Crippen molar-refractivity contribution < 1.29 is 28.6 Å². The standard InChI is InChI=1S/C18H32N2O6/c1-7-8-10-19(16(22)25-5)12-13-9-11-20(17(23)26-6)14(13)18(2,3)15(21)24-4/h13-14H,7-12H2,1-6H3. The van der Waals surface area contributed by atoms with Crippen molar-refractivity contribution in [3.63, 3.8) is 0 Å². The van der Waals surface area contributed by atoms with E-state index in [9.17, 15) is 14.4 Å². The Labute approximate surface area is 155 Å². The number of amides is 2. The van der Waals surface area contributed by atoms with Crippen LogP contribution in [-0.4, -0.2) is 75.0 Å². The van der Waals surface area contributed by atoms with E-state index in [1.54, 1.807) is 23.6 Å². The highest BCUT2D eigenvalue weighted by Crippen LogP contribution is 2.39. The van der Waals surface area contributed by atoms with E-state index in [-0.39, 0.29) is 5.92 Å². The smallest absolute Gasteiger partial charge is 0.409 e. The van der Waals surface area contributed by atoms with Gasteiger partial charge in [-0.3, -0.25) is 4.79 Å². The molecule has 1 aliphatic rings. The van der Waals surface area contributed by atoms with Gasteiger partial charge in [0.2, 0.25) is 0 Å². The number of carbonyl (C=O) groups is 3. The van der Waals surface area contributed by atoms with Gasteiger partial charge in [-0.15, -0.1) is 0 Å². The van der Waals surface area contributed by atoms with Crippen LogP contribution in [0, 0.1) is 11.3 Å². The number of nitrogens with zero attached hydrogens (tertiary/aromatic N) is 2. The molecule has 0 N–H and O–H groups in total. The first kappa shape index (κ1) is 22.1. The average molecular weight is 372 g/mol. The lowest BCUT2D eigenvalue weighted by Gasteiger charge is -2.39. The lowest BCUT2D eigenvalue weighted by atomic mass is 9.77. The van der Waals surface area contributed by atoms with Crippen LogP contribution in [0.5, 0.6) is 0 Å². The normalized spacial score (nSPS) is 19.8. The Hall–Kier alpha value is -1.99. The van der Waals surface area contributed by atoms with Crippen molar-refractivity contribution in [1.29, 1.82) is 0 Å². The molecule has 8 heteroatoms. The molecule has 1 fully saturated rings. The minimum absolute atomic E-state index is 0.0841. The third-order valence-electron chi connectivity index (χ3n) is 5.05. The fourth-order valence-corrected chi connectivity index (χ4v) is 3.75. The molecule has 26 heavy (non-hydrogen) atoms. The van der Waals surface area contributed by atoms with Crippen molar-refractivity contribution in [3.8, 4) is 0 Å². The van der Waals surface area contributed by atoms with Crippen molar-refractivity contribution in [3.05, 3.63) is 0 Å². The number of hydrogen-bond acceptors (Lipinski definition) is 6. The van der Waals surface area contributed by atoms with E-state index in [2.05, 4.69) is 0 Å². The van der Waals surface area contributed by atoms with E-state index >= 15 is 0 Å². The van der Waals surface area contributed by atoms with Crippen molar-refractivity contribution >= 4 is 18.2 Å². The molecule has 0 aromatic carbocycles. The summed E-state index contributed by atoms with van der Waals surface area (Å²) in [5.41, 5.74) is -0.934. The number of unbranched alkanes of at least 4 members (excludes halogenated alkanes) is 1. The van der Waals surface area contributed by atoms with E-state index in [0.717, 1.165) is 12.8 Å². The van der Waals surface area contributed by atoms with Crippen LogP contribution < -0.4 is 0 Å². The Morgan fingerprint density at radius 3 is 2.27 bits per heavy atom. The first-order valence-electron chi connectivity index (χ1n) is 9.00. The predicted octanol–water partition coefficient (Wildman–Crippen LogP) is 2.51. The molecule has 2 amide bonds. The minimum Gasteiger partial charge on any atom is -0.469 e. The summed E-state index contributed by atoms with van der Waals surface area (Å²) in [6.45, 7) is 7.01. The van der Waals surface area contributed by atoms with Crippen molar-refractivity contribution in [1.82, 2.24) is 9.80 Å². The van der Waals surface area contributed by atoms with Crippen LogP contribution >= 0.6 is 0 Å². The number of rotatable bonds is 7. The number of ether oxygens (including phenoxy) is 3. The number of likely N-dealkylation sites (tertiary alicyclic amines) is 1. The Kier molecular flexibility index (Phi) is 8.17. The molecule has 1 saturated heterocycles. The Bertz CT molecular complexity index is 508. The largest absolute Gasteiger partial charge is 0.469 e. The second-order valence-electron chi connectivity index (χ2n) is 7.14. The fourth-order valence-electron chi connectivity index (χ4n) is 3.75. The fraction of sp³-hybridized carbons (Fsp3) is 0.833. The molecule has 0 aromatic rings. The third kappa shape index (κ3) is 4.80. The molecule has 0 aliphatic carbocycles. The summed E-state index contributed by atoms with van der Waals surface area (Å²) < 4.78 is 14.7. The molecule has 2 atom stereocenters. The summed E-state index contributed by atoms with van der Waals surface area (Å²) in [7, 11) is 4.00. The predicted molar refractivity (Wildman–Crippen MR) is 95.7 cm³/mol. The number of methoxy groups -OCH3 is 3. The zero-order chi connectivity index (χ0) is 19.9. The molecule has 2 unspecified atom stereocenters. The molecule has 0 bridgehead atoms. The van der Waals surface area contributed by atoms with Crippen molar-refractivity contribution in [2.24, 2.45) is 11.3 Å². The molecule has 0 spiro atoms. The lowest BCUT2D eigenvalue weighted by molar-refractivity contribution is -0.154. The summed E-state index contributed by atoms with van der Waals surface area (Å²) in [5.74, 6) is -0.486. The maximum atomic E-state index is 12.4. The molecule has 0 saturated carbocycles. The number of carbonyl (C=O) groups excluding carboxylic acids is 3. The van der Waals surface area contributed by atoms with Crippen LogP contribution in [0.4, 0.5) is 9.59 Å². The molecule has 1 aliphatic heterocycles. The quantitative estimate of drug-likeness (QED) is 0.504. The van der Waals surface area contributed by atoms with Crippen molar-refractivity contribution in [2.75, 3.05) is 41.0 Å². The van der Waals surface area contributed by atoms with Gasteiger partial charge in [-0.25, -0.2) is 9.59 Å². The van der Waals surface area contributed by atoms with Gasteiger partial charge in [0.1, 0.15) is 0 Å². The molecule has 0 aromatic heterocycles.